The fourth-order valence-corrected chi connectivity index (χ4v) is 6.28. The Morgan fingerprint density at radius 1 is 0.655 bits per heavy atom. The maximum atomic E-state index is 6.69. The summed E-state index contributed by atoms with van der Waals surface area (Å²) in [6.07, 6.45) is 6.56. The zero-order valence-electron chi connectivity index (χ0n) is 16.8. The lowest BCUT2D eigenvalue weighted by molar-refractivity contribution is 0.319. The second-order valence-corrected chi connectivity index (χ2v) is 9.39. The Kier molecular flexibility index (Phi) is 6.55. The predicted molar refractivity (Wildman–Crippen MR) is 128 cm³/mol. The fraction of sp³-hybridized carbons (Fsp3) is 0.185. The Labute approximate surface area is 175 Å². The highest BCUT2D eigenvalue weighted by Crippen LogP contribution is 2.16. The van der Waals surface area contributed by atoms with Crippen LogP contribution in [0.4, 0.5) is 0 Å². The number of hydrogen-bond acceptors (Lipinski definition) is 1. The Hall–Kier alpha value is -2.68. The van der Waals surface area contributed by atoms with Gasteiger partial charge in [-0.25, -0.2) is 0 Å². The summed E-state index contributed by atoms with van der Waals surface area (Å²) in [7, 11) is -1.36. The van der Waals surface area contributed by atoms with Crippen LogP contribution in [0, 0.1) is 0 Å². The molecule has 0 aliphatic heterocycles. The normalized spacial score (nSPS) is 11.3. The van der Waals surface area contributed by atoms with Gasteiger partial charge in [-0.1, -0.05) is 97.4 Å². The highest BCUT2D eigenvalue weighted by molar-refractivity contribution is 6.83. The molecule has 0 atom stereocenters. The molecule has 0 heterocycles. The minimum atomic E-state index is -1.36. The number of benzene rings is 4. The predicted octanol–water partition coefficient (Wildman–Crippen LogP) is 5.86. The highest BCUT2D eigenvalue weighted by atomic mass is 28.3. The highest BCUT2D eigenvalue weighted by Gasteiger charge is 2.23. The Bertz CT molecular complexity index is 1010. The average molecular weight is 396 g/mol. The monoisotopic (exact) mass is 395 g/mol. The molecule has 0 spiro atoms. The molecule has 2 heteroatoms. The summed E-state index contributed by atoms with van der Waals surface area (Å²) in [5.74, 6) is 0. The molecule has 0 aliphatic carbocycles. The Morgan fingerprint density at radius 2 is 1.21 bits per heavy atom. The van der Waals surface area contributed by atoms with Gasteiger partial charge in [-0.15, -0.1) is 6.58 Å². The van der Waals surface area contributed by atoms with E-state index in [4.69, 9.17) is 4.43 Å². The molecule has 0 unspecified atom stereocenters. The SMILES string of the molecule is C=CCCCCCO[Si](c1cccc2ccccc12)c1cccc2ccccc12. The molecule has 0 aliphatic rings. The van der Waals surface area contributed by atoms with E-state index in [9.17, 15) is 0 Å². The van der Waals surface area contributed by atoms with Gasteiger partial charge < -0.3 is 4.43 Å². The van der Waals surface area contributed by atoms with Crippen molar-refractivity contribution < 1.29 is 4.43 Å². The van der Waals surface area contributed by atoms with Gasteiger partial charge in [-0.05, 0) is 51.2 Å². The van der Waals surface area contributed by atoms with Crippen molar-refractivity contribution in [3.05, 3.63) is 97.6 Å². The first-order valence-electron chi connectivity index (χ1n) is 10.5. The van der Waals surface area contributed by atoms with E-state index in [2.05, 4.69) is 91.5 Å². The molecule has 0 amide bonds. The van der Waals surface area contributed by atoms with E-state index in [0.29, 0.717) is 0 Å². The molecule has 29 heavy (non-hydrogen) atoms. The van der Waals surface area contributed by atoms with Gasteiger partial charge in [0, 0.05) is 6.61 Å². The maximum Gasteiger partial charge on any atom is 0.284 e. The minimum absolute atomic E-state index is 0.803. The van der Waals surface area contributed by atoms with Gasteiger partial charge >= 0.3 is 0 Å². The quantitative estimate of drug-likeness (QED) is 0.196. The Morgan fingerprint density at radius 3 is 1.79 bits per heavy atom. The standard InChI is InChI=1S/C27H27OSi/c1-2-3-4-5-10-21-28-29(26-19-11-15-22-13-6-8-17-24(22)26)27-20-12-16-23-14-7-9-18-25(23)27/h2,6-9,11-20H,1,3-5,10,21H2. The van der Waals surface area contributed by atoms with E-state index in [1.165, 1.54) is 44.8 Å². The second-order valence-electron chi connectivity index (χ2n) is 7.37. The lowest BCUT2D eigenvalue weighted by Crippen LogP contribution is -2.46. The molecular weight excluding hydrogens is 368 g/mol. The number of hydrogen-bond donors (Lipinski definition) is 0. The lowest BCUT2D eigenvalue weighted by atomic mass is 10.1. The summed E-state index contributed by atoms with van der Waals surface area (Å²) in [6, 6.07) is 30.6. The lowest BCUT2D eigenvalue weighted by Gasteiger charge is -2.20. The molecule has 0 fully saturated rings. The van der Waals surface area contributed by atoms with Crippen molar-refractivity contribution in [2.45, 2.75) is 25.7 Å². The van der Waals surface area contributed by atoms with Crippen LogP contribution in [0.2, 0.25) is 0 Å². The van der Waals surface area contributed by atoms with Gasteiger partial charge in [0.15, 0.2) is 0 Å². The summed E-state index contributed by atoms with van der Waals surface area (Å²) >= 11 is 0. The zero-order chi connectivity index (χ0) is 19.9. The van der Waals surface area contributed by atoms with Crippen LogP contribution in [0.25, 0.3) is 21.5 Å². The molecule has 0 N–H and O–H groups in total. The minimum Gasteiger partial charge on any atom is -0.407 e. The molecule has 1 radical (unpaired) electrons. The molecule has 1 nitrogen and oxygen atoms in total. The third kappa shape index (κ3) is 4.50. The summed E-state index contributed by atoms with van der Waals surface area (Å²) in [5, 5.41) is 7.86. The van der Waals surface area contributed by atoms with Crippen LogP contribution in [0.3, 0.4) is 0 Å². The van der Waals surface area contributed by atoms with Gasteiger partial charge in [-0.2, -0.15) is 0 Å². The van der Waals surface area contributed by atoms with Gasteiger partial charge in [-0.3, -0.25) is 0 Å². The topological polar surface area (TPSA) is 9.23 Å². The summed E-state index contributed by atoms with van der Waals surface area (Å²) in [6.45, 7) is 4.62. The zero-order valence-corrected chi connectivity index (χ0v) is 17.8. The number of allylic oxidation sites excluding steroid dienone is 1. The molecular formula is C27H27OSi. The molecule has 4 aromatic carbocycles. The summed E-state index contributed by atoms with van der Waals surface area (Å²) < 4.78 is 6.69. The fourth-order valence-electron chi connectivity index (χ4n) is 3.89. The molecule has 0 saturated carbocycles. The van der Waals surface area contributed by atoms with Crippen molar-refractivity contribution in [3.8, 4) is 0 Å². The third-order valence-electron chi connectivity index (χ3n) is 5.37. The van der Waals surface area contributed by atoms with Crippen LogP contribution in [0.5, 0.6) is 0 Å². The Balaban J connectivity index is 1.72. The van der Waals surface area contributed by atoms with Crippen molar-refractivity contribution >= 4 is 41.0 Å². The van der Waals surface area contributed by atoms with Crippen molar-refractivity contribution in [2.24, 2.45) is 0 Å². The van der Waals surface area contributed by atoms with Crippen molar-refractivity contribution in [2.75, 3.05) is 6.61 Å². The summed E-state index contributed by atoms with van der Waals surface area (Å²) in [5.41, 5.74) is 0. The van der Waals surface area contributed by atoms with Crippen molar-refractivity contribution in [1.82, 2.24) is 0 Å². The van der Waals surface area contributed by atoms with Gasteiger partial charge in [0.25, 0.3) is 9.04 Å². The van der Waals surface area contributed by atoms with Crippen molar-refractivity contribution in [1.29, 1.82) is 0 Å². The van der Waals surface area contributed by atoms with Gasteiger partial charge in [0.2, 0.25) is 0 Å². The van der Waals surface area contributed by atoms with Crippen LogP contribution in [0.15, 0.2) is 97.6 Å². The van der Waals surface area contributed by atoms with Crippen LogP contribution >= 0.6 is 0 Å². The molecule has 145 valence electrons. The summed E-state index contributed by atoms with van der Waals surface area (Å²) in [4.78, 5) is 0. The molecule has 4 rings (SSSR count). The largest absolute Gasteiger partial charge is 0.407 e. The van der Waals surface area contributed by atoms with Gasteiger partial charge in [0.05, 0.1) is 0 Å². The van der Waals surface area contributed by atoms with Gasteiger partial charge in [0.1, 0.15) is 0 Å². The van der Waals surface area contributed by atoms with E-state index in [1.807, 2.05) is 6.08 Å². The maximum absolute atomic E-state index is 6.69. The molecule has 0 bridgehead atoms. The average Bonchev–Trinajstić information content (AvgIpc) is 2.78. The first-order chi connectivity index (χ1) is 14.4. The molecule has 4 aromatic rings. The third-order valence-corrected chi connectivity index (χ3v) is 7.71. The van der Waals surface area contributed by atoms with E-state index in [-0.39, 0.29) is 0 Å². The van der Waals surface area contributed by atoms with Crippen LogP contribution in [-0.2, 0) is 4.43 Å². The van der Waals surface area contributed by atoms with E-state index in [1.54, 1.807) is 0 Å². The number of fused-ring (bicyclic) bond motifs is 2. The first-order valence-corrected chi connectivity index (χ1v) is 11.9. The van der Waals surface area contributed by atoms with Crippen LogP contribution < -0.4 is 10.4 Å². The van der Waals surface area contributed by atoms with Crippen LogP contribution in [0.1, 0.15) is 25.7 Å². The number of rotatable bonds is 9. The van der Waals surface area contributed by atoms with Crippen molar-refractivity contribution in [3.63, 3.8) is 0 Å². The molecule has 0 aromatic heterocycles. The van der Waals surface area contributed by atoms with E-state index in [0.717, 1.165) is 19.4 Å². The van der Waals surface area contributed by atoms with E-state index >= 15 is 0 Å². The van der Waals surface area contributed by atoms with Crippen LogP contribution in [-0.4, -0.2) is 15.6 Å². The smallest absolute Gasteiger partial charge is 0.284 e. The van der Waals surface area contributed by atoms with E-state index < -0.39 is 9.04 Å². The first kappa shape index (κ1) is 19.6. The number of unbranched alkanes of at least 4 members (excludes halogenated alkanes) is 3. The molecule has 0 saturated heterocycles. The second kappa shape index (κ2) is 9.68.